The van der Waals surface area contributed by atoms with Crippen molar-refractivity contribution in [1.82, 2.24) is 9.55 Å². The fraction of sp³-hybridized carbons (Fsp3) is 0.188. The molecule has 5 nitrogen and oxygen atoms in total. The maximum absolute atomic E-state index is 12.0. The number of hydrogen-bond donors (Lipinski definition) is 0. The maximum Gasteiger partial charge on any atom is 0.379 e. The van der Waals surface area contributed by atoms with Gasteiger partial charge in [-0.2, -0.15) is 0 Å². The van der Waals surface area contributed by atoms with Crippen LogP contribution in [0.25, 0.3) is 0 Å². The second-order valence-corrected chi connectivity index (χ2v) is 4.47. The highest BCUT2D eigenvalue weighted by Gasteiger charge is 2.15. The first-order chi connectivity index (χ1) is 10.2. The lowest BCUT2D eigenvalue weighted by Crippen LogP contribution is -2.16. The van der Waals surface area contributed by atoms with Crippen LogP contribution in [-0.2, 0) is 22.5 Å². The molecule has 0 amide bonds. The molecule has 1 aromatic heterocycles. The lowest BCUT2D eigenvalue weighted by Gasteiger charge is -2.06. The van der Waals surface area contributed by atoms with Gasteiger partial charge in [-0.25, -0.2) is 9.78 Å². The van der Waals surface area contributed by atoms with Gasteiger partial charge in [-0.15, -0.1) is 12.4 Å². The van der Waals surface area contributed by atoms with Gasteiger partial charge >= 0.3 is 5.97 Å². The predicted molar refractivity (Wildman–Crippen MR) is 87.0 cm³/mol. The van der Waals surface area contributed by atoms with E-state index in [1.54, 1.807) is 6.20 Å². The zero-order valence-corrected chi connectivity index (χ0v) is 12.8. The van der Waals surface area contributed by atoms with Crippen molar-refractivity contribution in [1.29, 1.82) is 0 Å². The summed E-state index contributed by atoms with van der Waals surface area (Å²) in [7, 11) is 0. The Morgan fingerprint density at radius 2 is 2.05 bits per heavy atom. The van der Waals surface area contributed by atoms with E-state index in [2.05, 4.69) is 16.3 Å². The average Bonchev–Trinajstić information content (AvgIpc) is 2.95. The van der Waals surface area contributed by atoms with Crippen LogP contribution in [0.2, 0.25) is 0 Å². The Labute approximate surface area is 136 Å². The molecule has 0 fully saturated rings. The second kappa shape index (κ2) is 8.79. The molecule has 0 saturated carbocycles. The van der Waals surface area contributed by atoms with Crippen LogP contribution in [0.1, 0.15) is 24.0 Å². The summed E-state index contributed by atoms with van der Waals surface area (Å²) in [6.45, 7) is 3.42. The van der Waals surface area contributed by atoms with Crippen LogP contribution in [0, 0.1) is 0 Å². The number of aromatic nitrogens is 2. The van der Waals surface area contributed by atoms with Gasteiger partial charge < -0.3 is 9.30 Å². The van der Waals surface area contributed by atoms with E-state index >= 15 is 0 Å². The average molecular weight is 323 g/mol. The lowest BCUT2D eigenvalue weighted by molar-refractivity contribution is -0.119. The van der Waals surface area contributed by atoms with Crippen molar-refractivity contribution in [3.8, 4) is 0 Å². The Morgan fingerprint density at radius 1 is 1.32 bits per heavy atom. The summed E-state index contributed by atoms with van der Waals surface area (Å²) in [5.41, 5.74) is 1.11. The highest BCUT2D eigenvalue weighted by atomic mass is 35.5. The van der Waals surface area contributed by atoms with Crippen LogP contribution in [0.3, 0.4) is 0 Å². The molecule has 1 aromatic carbocycles. The highest BCUT2D eigenvalue weighted by Crippen LogP contribution is 2.06. The fourth-order valence-corrected chi connectivity index (χ4v) is 1.95. The molecule has 22 heavy (non-hydrogen) atoms. The van der Waals surface area contributed by atoms with E-state index in [4.69, 9.17) is 0 Å². The molecular formula is C16H19ClN2O3. The van der Waals surface area contributed by atoms with Gasteiger partial charge in [0.05, 0.1) is 12.8 Å². The molecular weight excluding hydrogens is 304 g/mol. The van der Waals surface area contributed by atoms with E-state index in [0.717, 1.165) is 11.8 Å². The fourth-order valence-electron chi connectivity index (χ4n) is 1.95. The standard InChI is InChI=1S/C16H16N2O3.ClH.H2/c1-2-21-16(20)15-17-10-11-18(15)12-14(19)9-8-13-6-4-3-5-7-13;;/h2-7,10-11H,1,8-9,12H2;2*1H. The normalized spacial score (nSPS) is 9.64. The zero-order chi connectivity index (χ0) is 15.1. The number of carbonyl (C=O) groups is 2. The molecule has 118 valence electrons. The molecule has 0 aliphatic heterocycles. The molecule has 0 aliphatic carbocycles. The summed E-state index contributed by atoms with van der Waals surface area (Å²) < 4.78 is 6.15. The van der Waals surface area contributed by atoms with Gasteiger partial charge in [-0.05, 0) is 12.0 Å². The molecule has 0 atom stereocenters. The van der Waals surface area contributed by atoms with Gasteiger partial charge in [0, 0.05) is 20.2 Å². The van der Waals surface area contributed by atoms with Crippen LogP contribution in [0.5, 0.6) is 0 Å². The summed E-state index contributed by atoms with van der Waals surface area (Å²) in [6.07, 6.45) is 5.18. The molecule has 0 N–H and O–H groups in total. The number of esters is 1. The molecule has 2 aromatic rings. The Morgan fingerprint density at radius 3 is 2.73 bits per heavy atom. The second-order valence-electron chi connectivity index (χ2n) is 4.47. The number of ether oxygens (including phenoxy) is 1. The van der Waals surface area contributed by atoms with Crippen molar-refractivity contribution < 1.29 is 15.8 Å². The van der Waals surface area contributed by atoms with Gasteiger partial charge in [-0.1, -0.05) is 36.9 Å². The number of ketones is 1. The van der Waals surface area contributed by atoms with Gasteiger partial charge in [0.15, 0.2) is 5.78 Å². The topological polar surface area (TPSA) is 61.2 Å². The smallest absolute Gasteiger partial charge is 0.379 e. The first-order valence-corrected chi connectivity index (χ1v) is 6.59. The van der Waals surface area contributed by atoms with E-state index in [0.29, 0.717) is 12.8 Å². The number of nitrogens with zero attached hydrogens (tertiary/aromatic N) is 2. The molecule has 1 heterocycles. The minimum absolute atomic E-state index is 0. The van der Waals surface area contributed by atoms with Crippen molar-refractivity contribution in [3.63, 3.8) is 0 Å². The Hall–Kier alpha value is -2.40. The van der Waals surface area contributed by atoms with Crippen LogP contribution in [0.4, 0.5) is 0 Å². The molecule has 0 spiro atoms. The van der Waals surface area contributed by atoms with E-state index < -0.39 is 5.97 Å². The van der Waals surface area contributed by atoms with Crippen LogP contribution in [0.15, 0.2) is 55.6 Å². The van der Waals surface area contributed by atoms with Crippen molar-refractivity contribution in [2.24, 2.45) is 0 Å². The van der Waals surface area contributed by atoms with E-state index in [1.165, 1.54) is 10.8 Å². The predicted octanol–water partition coefficient (Wildman–Crippen LogP) is 3.05. The number of benzene rings is 1. The van der Waals surface area contributed by atoms with Crippen LogP contribution in [-0.4, -0.2) is 21.3 Å². The number of imidazole rings is 1. The number of Topliss-reactive ketones (excluding diaryl/α,β-unsaturated/α-hetero) is 1. The quantitative estimate of drug-likeness (QED) is 0.580. The summed E-state index contributed by atoms with van der Waals surface area (Å²) in [5, 5.41) is 0. The maximum atomic E-state index is 12.0. The lowest BCUT2D eigenvalue weighted by atomic mass is 10.1. The number of hydrogen-bond acceptors (Lipinski definition) is 4. The van der Waals surface area contributed by atoms with E-state index in [9.17, 15) is 9.59 Å². The number of carbonyl (C=O) groups excluding carboxylic acids is 2. The summed E-state index contributed by atoms with van der Waals surface area (Å²) in [6, 6.07) is 9.79. The summed E-state index contributed by atoms with van der Waals surface area (Å²) in [4.78, 5) is 27.5. The van der Waals surface area contributed by atoms with Crippen molar-refractivity contribution >= 4 is 24.2 Å². The molecule has 0 unspecified atom stereocenters. The highest BCUT2D eigenvalue weighted by molar-refractivity contribution is 5.87. The monoisotopic (exact) mass is 322 g/mol. The molecule has 6 heteroatoms. The number of rotatable bonds is 7. The zero-order valence-electron chi connectivity index (χ0n) is 12.0. The van der Waals surface area contributed by atoms with Crippen LogP contribution >= 0.6 is 12.4 Å². The third-order valence-corrected chi connectivity index (χ3v) is 2.97. The number of halogens is 1. The van der Waals surface area contributed by atoms with Crippen molar-refractivity contribution in [2.75, 3.05) is 0 Å². The summed E-state index contributed by atoms with van der Waals surface area (Å²) in [5.74, 6) is -0.488. The Kier molecular flexibility index (Phi) is 7.05. The SMILES string of the molecule is C=COC(=O)c1nccn1CC(=O)CCc1ccccc1.Cl.[HH]. The largest absolute Gasteiger partial charge is 0.429 e. The summed E-state index contributed by atoms with van der Waals surface area (Å²) >= 11 is 0. The van der Waals surface area contributed by atoms with E-state index in [-0.39, 0.29) is 32.0 Å². The minimum atomic E-state index is -0.620. The molecule has 2 rings (SSSR count). The van der Waals surface area contributed by atoms with Crippen molar-refractivity contribution in [3.05, 3.63) is 67.0 Å². The third-order valence-electron chi connectivity index (χ3n) is 2.97. The molecule has 0 saturated heterocycles. The molecule has 0 radical (unpaired) electrons. The van der Waals surface area contributed by atoms with E-state index in [1.807, 2.05) is 30.3 Å². The Balaban J connectivity index is 0.00000242. The third kappa shape index (κ3) is 4.86. The molecule has 0 aliphatic rings. The van der Waals surface area contributed by atoms with Gasteiger partial charge in [-0.3, -0.25) is 4.79 Å². The van der Waals surface area contributed by atoms with Crippen molar-refractivity contribution in [2.45, 2.75) is 19.4 Å². The number of aryl methyl sites for hydroxylation is 1. The van der Waals surface area contributed by atoms with Gasteiger partial charge in [0.25, 0.3) is 0 Å². The minimum Gasteiger partial charge on any atom is -0.429 e. The van der Waals surface area contributed by atoms with Gasteiger partial charge in [0.2, 0.25) is 5.82 Å². The first-order valence-electron chi connectivity index (χ1n) is 6.59. The molecule has 0 bridgehead atoms. The first kappa shape index (κ1) is 17.7. The van der Waals surface area contributed by atoms with Gasteiger partial charge in [0.1, 0.15) is 0 Å². The Bertz CT molecular complexity index is 644. The van der Waals surface area contributed by atoms with Crippen LogP contribution < -0.4 is 0 Å².